The SMILES string of the molecule is CC(C)(N)C(=O)NCCN1CCOCC1(C)C. The number of morpholine rings is 1. The molecule has 0 atom stereocenters. The number of carbonyl (C=O) groups excluding carboxylic acids is 1. The minimum absolute atomic E-state index is 0.0429. The zero-order valence-corrected chi connectivity index (χ0v) is 11.4. The Hall–Kier alpha value is -0.650. The lowest BCUT2D eigenvalue weighted by Crippen LogP contribution is -2.56. The fraction of sp³-hybridized carbons (Fsp3) is 0.917. The normalized spacial score (nSPS) is 21.2. The maximum absolute atomic E-state index is 11.6. The van der Waals surface area contributed by atoms with Crippen molar-refractivity contribution < 1.29 is 9.53 Å². The van der Waals surface area contributed by atoms with Gasteiger partial charge in [-0.1, -0.05) is 0 Å². The Morgan fingerprint density at radius 2 is 2.18 bits per heavy atom. The Bertz CT molecular complexity index is 271. The van der Waals surface area contributed by atoms with Crippen LogP contribution >= 0.6 is 0 Å². The largest absolute Gasteiger partial charge is 0.378 e. The molecule has 5 heteroatoms. The lowest BCUT2D eigenvalue weighted by Gasteiger charge is -2.42. The van der Waals surface area contributed by atoms with Crippen LogP contribution in [0, 0.1) is 0 Å². The van der Waals surface area contributed by atoms with Crippen LogP contribution in [0.3, 0.4) is 0 Å². The van der Waals surface area contributed by atoms with Crippen LogP contribution in [0.2, 0.25) is 0 Å². The van der Waals surface area contributed by atoms with E-state index in [2.05, 4.69) is 24.1 Å². The molecule has 1 amide bonds. The van der Waals surface area contributed by atoms with E-state index in [1.54, 1.807) is 13.8 Å². The fourth-order valence-electron chi connectivity index (χ4n) is 1.84. The molecule has 3 N–H and O–H groups in total. The van der Waals surface area contributed by atoms with E-state index in [9.17, 15) is 4.79 Å². The molecule has 1 aliphatic rings. The number of nitrogens with one attached hydrogen (secondary N) is 1. The molecule has 1 rings (SSSR count). The molecule has 5 nitrogen and oxygen atoms in total. The molecule has 0 spiro atoms. The van der Waals surface area contributed by atoms with E-state index in [0.29, 0.717) is 6.54 Å². The molecule has 0 aromatic heterocycles. The van der Waals surface area contributed by atoms with Crippen LogP contribution in [-0.4, -0.2) is 54.7 Å². The Kier molecular flexibility index (Phi) is 4.52. The highest BCUT2D eigenvalue weighted by Crippen LogP contribution is 2.17. The molecule has 0 aromatic carbocycles. The molecule has 0 aliphatic carbocycles. The van der Waals surface area contributed by atoms with E-state index in [4.69, 9.17) is 10.5 Å². The van der Waals surface area contributed by atoms with Gasteiger partial charge in [0.05, 0.1) is 18.8 Å². The summed E-state index contributed by atoms with van der Waals surface area (Å²) in [5, 5.41) is 2.86. The van der Waals surface area contributed by atoms with Crippen molar-refractivity contribution in [3.8, 4) is 0 Å². The number of carbonyl (C=O) groups is 1. The van der Waals surface area contributed by atoms with Crippen LogP contribution in [0.5, 0.6) is 0 Å². The molecule has 0 saturated carbocycles. The Balaban J connectivity index is 2.33. The summed E-state index contributed by atoms with van der Waals surface area (Å²) >= 11 is 0. The maximum atomic E-state index is 11.6. The second kappa shape index (κ2) is 5.33. The molecule has 17 heavy (non-hydrogen) atoms. The quantitative estimate of drug-likeness (QED) is 0.726. The molecule has 0 aromatic rings. The molecule has 0 bridgehead atoms. The second-order valence-corrected chi connectivity index (χ2v) is 5.83. The van der Waals surface area contributed by atoms with Crippen LogP contribution in [-0.2, 0) is 9.53 Å². The Morgan fingerprint density at radius 3 is 2.71 bits per heavy atom. The van der Waals surface area contributed by atoms with Crippen LogP contribution < -0.4 is 11.1 Å². The predicted molar refractivity (Wildman–Crippen MR) is 67.7 cm³/mol. The van der Waals surface area contributed by atoms with Gasteiger partial charge < -0.3 is 15.8 Å². The van der Waals surface area contributed by atoms with Crippen LogP contribution in [0.1, 0.15) is 27.7 Å². The van der Waals surface area contributed by atoms with Crippen LogP contribution in [0.15, 0.2) is 0 Å². The van der Waals surface area contributed by atoms with Gasteiger partial charge in [0.25, 0.3) is 0 Å². The van der Waals surface area contributed by atoms with E-state index in [1.807, 2.05) is 0 Å². The maximum Gasteiger partial charge on any atom is 0.239 e. The standard InChI is InChI=1S/C12H25N3O2/c1-11(2)9-17-8-7-15(11)6-5-14-10(16)12(3,4)13/h5-9,13H2,1-4H3,(H,14,16). The minimum atomic E-state index is -0.805. The average molecular weight is 243 g/mol. The first-order valence-corrected chi connectivity index (χ1v) is 6.13. The number of ether oxygens (including phenoxy) is 1. The van der Waals surface area contributed by atoms with Gasteiger partial charge in [-0.2, -0.15) is 0 Å². The van der Waals surface area contributed by atoms with Gasteiger partial charge in [-0.3, -0.25) is 9.69 Å². The van der Waals surface area contributed by atoms with Gasteiger partial charge in [-0.05, 0) is 27.7 Å². The molecule has 1 aliphatic heterocycles. The highest BCUT2D eigenvalue weighted by Gasteiger charge is 2.30. The molecule has 1 fully saturated rings. The Morgan fingerprint density at radius 1 is 1.53 bits per heavy atom. The van der Waals surface area contributed by atoms with E-state index >= 15 is 0 Å². The van der Waals surface area contributed by atoms with Gasteiger partial charge in [0, 0.05) is 25.2 Å². The highest BCUT2D eigenvalue weighted by molar-refractivity contribution is 5.84. The van der Waals surface area contributed by atoms with E-state index in [1.165, 1.54) is 0 Å². The molecule has 0 unspecified atom stereocenters. The number of hydrogen-bond acceptors (Lipinski definition) is 4. The van der Waals surface area contributed by atoms with Crippen molar-refractivity contribution in [2.45, 2.75) is 38.8 Å². The lowest BCUT2D eigenvalue weighted by atomic mass is 10.0. The zero-order chi connectivity index (χ0) is 13.1. The topological polar surface area (TPSA) is 67.6 Å². The van der Waals surface area contributed by atoms with Crippen molar-refractivity contribution >= 4 is 5.91 Å². The molecular weight excluding hydrogens is 218 g/mol. The summed E-state index contributed by atoms with van der Waals surface area (Å²) in [6.07, 6.45) is 0. The summed E-state index contributed by atoms with van der Waals surface area (Å²) in [6, 6.07) is 0. The van der Waals surface area contributed by atoms with Crippen LogP contribution in [0.25, 0.3) is 0 Å². The van der Waals surface area contributed by atoms with E-state index in [0.717, 1.165) is 26.3 Å². The van der Waals surface area contributed by atoms with E-state index < -0.39 is 5.54 Å². The summed E-state index contributed by atoms with van der Waals surface area (Å²) in [6.45, 7) is 11.6. The first-order valence-electron chi connectivity index (χ1n) is 6.13. The van der Waals surface area contributed by atoms with Gasteiger partial charge in [0.15, 0.2) is 0 Å². The minimum Gasteiger partial charge on any atom is -0.378 e. The number of rotatable bonds is 4. The monoisotopic (exact) mass is 243 g/mol. The van der Waals surface area contributed by atoms with Gasteiger partial charge in [-0.15, -0.1) is 0 Å². The third-order valence-corrected chi connectivity index (χ3v) is 3.07. The van der Waals surface area contributed by atoms with E-state index in [-0.39, 0.29) is 11.4 Å². The summed E-state index contributed by atoms with van der Waals surface area (Å²) < 4.78 is 5.45. The van der Waals surface area contributed by atoms with Gasteiger partial charge in [0.1, 0.15) is 0 Å². The predicted octanol–water partition coefficient (Wildman–Crippen LogP) is -0.0493. The smallest absolute Gasteiger partial charge is 0.239 e. The van der Waals surface area contributed by atoms with Gasteiger partial charge in [0.2, 0.25) is 5.91 Å². The number of nitrogens with zero attached hydrogens (tertiary/aromatic N) is 1. The molecule has 100 valence electrons. The van der Waals surface area contributed by atoms with Crippen molar-refractivity contribution in [1.82, 2.24) is 10.2 Å². The van der Waals surface area contributed by atoms with Gasteiger partial charge in [-0.25, -0.2) is 0 Å². The Labute approximate surface area is 104 Å². The summed E-state index contributed by atoms with van der Waals surface area (Å²) in [5.41, 5.74) is 4.94. The van der Waals surface area contributed by atoms with Crippen molar-refractivity contribution in [2.24, 2.45) is 5.73 Å². The summed E-state index contributed by atoms with van der Waals surface area (Å²) in [7, 11) is 0. The first kappa shape index (κ1) is 14.4. The zero-order valence-electron chi connectivity index (χ0n) is 11.4. The van der Waals surface area contributed by atoms with Crippen LogP contribution in [0.4, 0.5) is 0 Å². The lowest BCUT2D eigenvalue weighted by molar-refractivity contribution is -0.125. The van der Waals surface area contributed by atoms with Crippen molar-refractivity contribution in [3.05, 3.63) is 0 Å². The number of nitrogens with two attached hydrogens (primary N) is 1. The van der Waals surface area contributed by atoms with Crippen molar-refractivity contribution in [1.29, 1.82) is 0 Å². The summed E-state index contributed by atoms with van der Waals surface area (Å²) in [5.74, 6) is -0.108. The van der Waals surface area contributed by atoms with Crippen molar-refractivity contribution in [3.63, 3.8) is 0 Å². The molecule has 1 heterocycles. The highest BCUT2D eigenvalue weighted by atomic mass is 16.5. The number of amides is 1. The molecule has 0 radical (unpaired) electrons. The van der Waals surface area contributed by atoms with Gasteiger partial charge >= 0.3 is 0 Å². The third-order valence-electron chi connectivity index (χ3n) is 3.07. The van der Waals surface area contributed by atoms with Crippen molar-refractivity contribution in [2.75, 3.05) is 32.8 Å². The third kappa shape index (κ3) is 4.26. The summed E-state index contributed by atoms with van der Waals surface area (Å²) in [4.78, 5) is 13.9. The molecule has 1 saturated heterocycles. The number of hydrogen-bond donors (Lipinski definition) is 2. The molecular formula is C12H25N3O2. The fourth-order valence-corrected chi connectivity index (χ4v) is 1.84. The second-order valence-electron chi connectivity index (χ2n) is 5.83. The first-order chi connectivity index (χ1) is 7.73. The average Bonchev–Trinajstić information content (AvgIpc) is 2.18.